The molecule has 57 heavy (non-hydrogen) atoms. The average molecular weight is 807 g/mol. The van der Waals surface area contributed by atoms with Crippen LogP contribution in [0.3, 0.4) is 0 Å². The van der Waals surface area contributed by atoms with Crippen LogP contribution in [0.25, 0.3) is 11.1 Å². The van der Waals surface area contributed by atoms with Crippen LogP contribution in [0.1, 0.15) is 62.2 Å². The first-order chi connectivity index (χ1) is 27.5. The molecular weight excluding hydrogens is 759 g/mol. The van der Waals surface area contributed by atoms with E-state index in [2.05, 4.69) is 16.0 Å². The lowest BCUT2D eigenvalue weighted by molar-refractivity contribution is -0.141. The van der Waals surface area contributed by atoms with Gasteiger partial charge in [0.05, 0.1) is 11.8 Å². The van der Waals surface area contributed by atoms with Crippen LogP contribution < -0.4 is 16.0 Å². The molecule has 1 aliphatic heterocycles. The highest BCUT2D eigenvalue weighted by atomic mass is 32.2. The number of nitrogens with one attached hydrogen (secondary N) is 3. The van der Waals surface area contributed by atoms with Gasteiger partial charge in [-0.2, -0.15) is 11.8 Å². The van der Waals surface area contributed by atoms with Crippen molar-refractivity contribution >= 4 is 47.4 Å². The summed E-state index contributed by atoms with van der Waals surface area (Å²) in [4.78, 5) is 76.2. The second kappa shape index (κ2) is 21.1. The molecule has 6 amide bonds. The predicted molar refractivity (Wildman–Crippen MR) is 211 cm³/mol. The average Bonchev–Trinajstić information content (AvgIpc) is 3.75. The Morgan fingerprint density at radius 3 is 2.28 bits per heavy atom. The van der Waals surface area contributed by atoms with Crippen LogP contribution in [0.5, 0.6) is 0 Å². The maximum Gasteiger partial charge on any atom is 0.404 e. The third-order valence-electron chi connectivity index (χ3n) is 9.94. The molecule has 5 rings (SSSR count). The van der Waals surface area contributed by atoms with Gasteiger partial charge in [0.1, 0.15) is 18.2 Å². The van der Waals surface area contributed by atoms with Crippen molar-refractivity contribution in [3.63, 3.8) is 0 Å². The van der Waals surface area contributed by atoms with E-state index < -0.39 is 48.0 Å². The summed E-state index contributed by atoms with van der Waals surface area (Å²) in [6, 6.07) is 14.4. The minimum atomic E-state index is -1.17. The molecule has 2 heterocycles. The number of hydrogen-bond donors (Lipinski definition) is 4. The van der Waals surface area contributed by atoms with E-state index in [9.17, 15) is 38.3 Å². The van der Waals surface area contributed by atoms with Gasteiger partial charge in [-0.3, -0.25) is 28.9 Å². The van der Waals surface area contributed by atoms with Gasteiger partial charge in [-0.1, -0.05) is 49.6 Å². The zero-order valence-corrected chi connectivity index (χ0v) is 32.4. The molecule has 1 fully saturated rings. The third-order valence-corrected chi connectivity index (χ3v) is 10.9. The van der Waals surface area contributed by atoms with E-state index in [-0.39, 0.29) is 61.6 Å². The van der Waals surface area contributed by atoms with E-state index >= 15 is 4.39 Å². The minimum absolute atomic E-state index is 0.0481. The monoisotopic (exact) mass is 806 g/mol. The molecule has 13 nitrogen and oxygen atoms in total. The number of imide groups is 1. The normalized spacial score (nSPS) is 14.7. The second-order valence-corrected chi connectivity index (χ2v) is 15.1. The molecule has 2 aromatic carbocycles. The van der Waals surface area contributed by atoms with Gasteiger partial charge >= 0.3 is 6.09 Å². The number of thioether (sulfide) groups is 1. The van der Waals surface area contributed by atoms with Crippen molar-refractivity contribution in [3.8, 4) is 11.1 Å². The quantitative estimate of drug-likeness (QED) is 0.0927. The van der Waals surface area contributed by atoms with E-state index in [0.29, 0.717) is 24.3 Å². The van der Waals surface area contributed by atoms with Gasteiger partial charge < -0.3 is 30.5 Å². The van der Waals surface area contributed by atoms with Crippen LogP contribution >= 0.6 is 11.8 Å². The van der Waals surface area contributed by atoms with Crippen LogP contribution in [-0.2, 0) is 30.5 Å². The summed E-state index contributed by atoms with van der Waals surface area (Å²) in [6.07, 6.45) is 7.96. The van der Waals surface area contributed by atoms with Crippen LogP contribution in [0.4, 0.5) is 13.6 Å². The Bertz CT molecular complexity index is 1920. The number of carboxylic acid groups (broad SMARTS) is 1. The molecule has 1 aromatic heterocycles. The molecule has 3 aromatic rings. The summed E-state index contributed by atoms with van der Waals surface area (Å²) in [5.41, 5.74) is 2.34. The summed E-state index contributed by atoms with van der Waals surface area (Å²) in [7, 11) is 0. The third kappa shape index (κ3) is 12.5. The Balaban J connectivity index is 1.29. The molecule has 1 atom stereocenters. The first-order valence-corrected chi connectivity index (χ1v) is 20.3. The number of carbonyl (C=O) groups excluding carboxylic acids is 5. The zero-order chi connectivity index (χ0) is 40.7. The van der Waals surface area contributed by atoms with Crippen molar-refractivity contribution < 1.29 is 42.7 Å². The van der Waals surface area contributed by atoms with Crippen LogP contribution in [-0.4, -0.2) is 99.3 Å². The number of carbonyl (C=O) groups is 6. The Labute approximate surface area is 334 Å². The van der Waals surface area contributed by atoms with E-state index in [0.717, 1.165) is 72.5 Å². The Morgan fingerprint density at radius 2 is 1.58 bits per heavy atom. The topological polar surface area (TPSA) is 170 Å². The van der Waals surface area contributed by atoms with Crippen LogP contribution in [0, 0.1) is 17.6 Å². The van der Waals surface area contributed by atoms with Gasteiger partial charge in [-0.05, 0) is 55.0 Å². The molecule has 0 bridgehead atoms. The maximum absolute atomic E-state index is 15.2. The fraction of sp³-hybridized carbons (Fsp3) is 0.415. The first-order valence-electron chi connectivity index (χ1n) is 19.1. The van der Waals surface area contributed by atoms with Crippen molar-refractivity contribution in [1.82, 2.24) is 30.3 Å². The molecule has 1 aliphatic carbocycles. The molecule has 0 unspecified atom stereocenters. The van der Waals surface area contributed by atoms with Crippen molar-refractivity contribution in [2.75, 3.05) is 44.2 Å². The molecule has 304 valence electrons. The van der Waals surface area contributed by atoms with Crippen molar-refractivity contribution in [3.05, 3.63) is 95.8 Å². The minimum Gasteiger partial charge on any atom is -0.465 e. The van der Waals surface area contributed by atoms with Gasteiger partial charge in [-0.15, -0.1) is 0 Å². The number of nitrogens with zero attached hydrogens (tertiary/aromatic N) is 3. The number of rotatable bonds is 20. The number of benzene rings is 2. The largest absolute Gasteiger partial charge is 0.465 e. The zero-order valence-electron chi connectivity index (χ0n) is 31.6. The smallest absolute Gasteiger partial charge is 0.404 e. The fourth-order valence-corrected chi connectivity index (χ4v) is 8.03. The van der Waals surface area contributed by atoms with Crippen molar-refractivity contribution in [2.45, 2.75) is 57.5 Å². The maximum atomic E-state index is 15.2. The summed E-state index contributed by atoms with van der Waals surface area (Å²) in [5, 5.41) is 16.9. The lowest BCUT2D eigenvalue weighted by atomic mass is 9.81. The van der Waals surface area contributed by atoms with Crippen LogP contribution in [0.15, 0.2) is 72.9 Å². The highest BCUT2D eigenvalue weighted by molar-refractivity contribution is 7.99. The summed E-state index contributed by atoms with van der Waals surface area (Å²) in [5.74, 6) is -2.86. The van der Waals surface area contributed by atoms with Gasteiger partial charge in [-0.25, -0.2) is 13.6 Å². The van der Waals surface area contributed by atoms with Crippen molar-refractivity contribution in [1.29, 1.82) is 0 Å². The first kappa shape index (κ1) is 42.6. The molecule has 1 saturated carbocycles. The number of halogens is 2. The van der Waals surface area contributed by atoms with Crippen LogP contribution in [0.2, 0.25) is 0 Å². The van der Waals surface area contributed by atoms with E-state index in [1.807, 2.05) is 41.0 Å². The Hall–Kier alpha value is -5.51. The molecule has 0 radical (unpaired) electrons. The number of hydrogen-bond acceptors (Lipinski definition) is 7. The number of amides is 6. The highest BCUT2D eigenvalue weighted by Gasteiger charge is 2.35. The van der Waals surface area contributed by atoms with Gasteiger partial charge in [0, 0.05) is 80.1 Å². The molecule has 0 saturated heterocycles. The van der Waals surface area contributed by atoms with E-state index in [4.69, 9.17) is 0 Å². The van der Waals surface area contributed by atoms with Crippen molar-refractivity contribution in [2.24, 2.45) is 5.92 Å². The lowest BCUT2D eigenvalue weighted by Crippen LogP contribution is -2.43. The van der Waals surface area contributed by atoms with Gasteiger partial charge in [0.25, 0.3) is 11.8 Å². The number of aromatic nitrogens is 1. The summed E-state index contributed by atoms with van der Waals surface area (Å²) < 4.78 is 31.7. The fourth-order valence-electron chi connectivity index (χ4n) is 7.22. The van der Waals surface area contributed by atoms with Gasteiger partial charge in [0.15, 0.2) is 0 Å². The SMILES string of the molecule is O=C(O)NCCCN(C(=O)CSCCC(=O)NCCNC(=O)CN1C(=O)C=CC1=O)[C@@H](c1cc(-c2cc(F)ccc2F)cn1Cc1ccccc1)C1CCCCC1. The summed E-state index contributed by atoms with van der Waals surface area (Å²) in [6.45, 7) is 0.587. The lowest BCUT2D eigenvalue weighted by Gasteiger charge is -2.40. The molecule has 0 spiro atoms. The Morgan fingerprint density at radius 1 is 0.877 bits per heavy atom. The second-order valence-electron chi connectivity index (χ2n) is 14.0. The molecule has 2 aliphatic rings. The van der Waals surface area contributed by atoms with Gasteiger partial charge in [0.2, 0.25) is 17.7 Å². The van der Waals surface area contributed by atoms with E-state index in [1.54, 1.807) is 11.1 Å². The Kier molecular flexibility index (Phi) is 15.8. The molecular formula is C41H48F2N6O7S. The predicted octanol–water partition coefficient (Wildman–Crippen LogP) is 4.87. The summed E-state index contributed by atoms with van der Waals surface area (Å²) >= 11 is 1.29. The molecule has 4 N–H and O–H groups in total. The molecule has 16 heteroatoms. The van der Waals surface area contributed by atoms with E-state index in [1.165, 1.54) is 17.8 Å². The highest BCUT2D eigenvalue weighted by Crippen LogP contribution is 2.41. The standard InChI is InChI=1S/C41H48F2N6O7S/c42-31-12-13-33(43)32(23-31)30-22-34(47(25-30)24-28-8-3-1-4-9-28)40(29-10-5-2-6-11-29)48(20-7-17-46-41(55)56)39(54)27-57-21-16-35(50)44-18-19-45-36(51)26-49-37(52)14-15-38(49)53/h1,3-4,8-9,12-15,22-23,25,29,40,46H,2,5-7,10-11,16-21,24,26-27H2,(H,44,50)(H,45,51)(H,55,56)/t40-/m1/s1.